The van der Waals surface area contributed by atoms with Crippen molar-refractivity contribution in [1.82, 2.24) is 9.88 Å². The number of nitrogens with one attached hydrogen (secondary N) is 1. The average Bonchev–Trinajstić information content (AvgIpc) is 3.30. The zero-order valence-electron chi connectivity index (χ0n) is 16.6. The summed E-state index contributed by atoms with van der Waals surface area (Å²) in [5.74, 6) is -0.960. The van der Waals surface area contributed by atoms with E-state index in [1.54, 1.807) is 33.2 Å². The van der Waals surface area contributed by atoms with E-state index in [9.17, 15) is 14.4 Å². The molecule has 8 nitrogen and oxygen atoms in total. The number of H-pyrrole nitrogens is 1. The van der Waals surface area contributed by atoms with E-state index >= 15 is 0 Å². The van der Waals surface area contributed by atoms with Crippen molar-refractivity contribution in [1.29, 1.82) is 0 Å². The van der Waals surface area contributed by atoms with E-state index in [1.165, 1.54) is 4.90 Å². The summed E-state index contributed by atoms with van der Waals surface area (Å²) in [4.78, 5) is 37.8. The maximum atomic E-state index is 11.6. The van der Waals surface area contributed by atoms with Crippen LogP contribution in [-0.4, -0.2) is 45.2 Å². The molecule has 2 N–H and O–H groups in total. The lowest BCUT2D eigenvalue weighted by atomic mass is 10.1. The normalized spacial score (nSPS) is 16.5. The van der Waals surface area contributed by atoms with E-state index in [4.69, 9.17) is 14.3 Å². The molecule has 8 heteroatoms. The number of carboxylic acid groups (broad SMARTS) is 1. The molecule has 1 saturated heterocycles. The van der Waals surface area contributed by atoms with Crippen molar-refractivity contribution < 1.29 is 23.8 Å². The number of fused-ring (bicyclic) bond motifs is 3. The Morgan fingerprint density at radius 3 is 2.66 bits per heavy atom. The molecule has 154 valence electrons. The van der Waals surface area contributed by atoms with Gasteiger partial charge in [-0.1, -0.05) is 6.07 Å². The summed E-state index contributed by atoms with van der Waals surface area (Å²) in [6, 6.07) is 6.71. The molecule has 29 heavy (non-hydrogen) atoms. The summed E-state index contributed by atoms with van der Waals surface area (Å²) >= 11 is 0. The SMILES string of the molecule is CC(C)(C)OC(=O)N1CCCC1C(=O)O.O=c1[nH]ccc2c1ccc1ccoc12. The number of aromatic amines is 1. The van der Waals surface area contributed by atoms with Crippen LogP contribution in [-0.2, 0) is 9.53 Å². The molecule has 3 aromatic rings. The predicted octanol–water partition coefficient (Wildman–Crippen LogP) is 3.74. The van der Waals surface area contributed by atoms with Gasteiger partial charge in [0.05, 0.1) is 11.6 Å². The van der Waals surface area contributed by atoms with Crippen LogP contribution >= 0.6 is 0 Å². The minimum absolute atomic E-state index is 0.0826. The van der Waals surface area contributed by atoms with Gasteiger partial charge in [-0.3, -0.25) is 9.69 Å². The minimum Gasteiger partial charge on any atom is -0.480 e. The standard InChI is InChI=1S/C11H7NO2.C10H17NO4/c13-11-9-2-1-7-4-6-14-10(7)8(9)3-5-12-11;1-10(2,3)15-9(14)11-6-4-5-7(11)8(12)13/h1-6H,(H,12,13);7H,4-6H2,1-3H3,(H,12,13). The second kappa shape index (κ2) is 7.98. The van der Waals surface area contributed by atoms with Gasteiger partial charge in [-0.25, -0.2) is 9.59 Å². The molecule has 1 fully saturated rings. The van der Waals surface area contributed by atoms with Crippen LogP contribution in [0.4, 0.5) is 4.79 Å². The highest BCUT2D eigenvalue weighted by molar-refractivity contribution is 6.03. The number of carboxylic acids is 1. The van der Waals surface area contributed by atoms with Gasteiger partial charge in [0, 0.05) is 23.5 Å². The van der Waals surface area contributed by atoms with E-state index in [-0.39, 0.29) is 5.56 Å². The van der Waals surface area contributed by atoms with Crippen LogP contribution in [0.2, 0.25) is 0 Å². The van der Waals surface area contributed by atoms with E-state index in [1.807, 2.05) is 24.3 Å². The van der Waals surface area contributed by atoms with Crippen molar-refractivity contribution in [2.24, 2.45) is 0 Å². The second-order valence-electron chi connectivity index (χ2n) is 7.84. The number of pyridine rings is 1. The number of likely N-dealkylation sites (tertiary alicyclic amines) is 1. The smallest absolute Gasteiger partial charge is 0.411 e. The van der Waals surface area contributed by atoms with Crippen LogP contribution in [0.25, 0.3) is 21.7 Å². The number of amides is 1. The van der Waals surface area contributed by atoms with Crippen molar-refractivity contribution >= 4 is 33.8 Å². The Morgan fingerprint density at radius 2 is 1.97 bits per heavy atom. The first kappa shape index (κ1) is 20.4. The Balaban J connectivity index is 0.000000166. The van der Waals surface area contributed by atoms with Crippen LogP contribution in [0.1, 0.15) is 33.6 Å². The molecule has 1 aromatic carbocycles. The lowest BCUT2D eigenvalue weighted by Crippen LogP contribution is -2.43. The van der Waals surface area contributed by atoms with Gasteiger partial charge >= 0.3 is 12.1 Å². The quantitative estimate of drug-likeness (QED) is 0.643. The summed E-state index contributed by atoms with van der Waals surface area (Å²) in [6.07, 6.45) is 3.95. The Bertz CT molecular complexity index is 1090. The van der Waals surface area contributed by atoms with Crippen molar-refractivity contribution in [3.8, 4) is 0 Å². The van der Waals surface area contributed by atoms with Gasteiger partial charge in [-0.15, -0.1) is 0 Å². The second-order valence-corrected chi connectivity index (χ2v) is 7.84. The Morgan fingerprint density at radius 1 is 1.21 bits per heavy atom. The number of aliphatic carboxylic acids is 1. The number of aromatic nitrogens is 1. The molecule has 1 atom stereocenters. The van der Waals surface area contributed by atoms with E-state index in [2.05, 4.69) is 4.98 Å². The lowest BCUT2D eigenvalue weighted by Gasteiger charge is -2.26. The number of benzene rings is 1. The van der Waals surface area contributed by atoms with E-state index in [0.29, 0.717) is 18.4 Å². The maximum Gasteiger partial charge on any atom is 0.411 e. The summed E-state index contributed by atoms with van der Waals surface area (Å²) < 4.78 is 10.5. The van der Waals surface area contributed by atoms with Gasteiger partial charge in [0.1, 0.15) is 17.2 Å². The molecular weight excluding hydrogens is 376 g/mol. The number of nitrogens with zero attached hydrogens (tertiary/aromatic N) is 1. The van der Waals surface area contributed by atoms with Crippen molar-refractivity contribution in [3.05, 3.63) is 47.1 Å². The number of hydrogen-bond donors (Lipinski definition) is 2. The molecule has 1 aliphatic heterocycles. The van der Waals surface area contributed by atoms with Crippen molar-refractivity contribution in [2.45, 2.75) is 45.3 Å². The third-order valence-electron chi connectivity index (χ3n) is 4.53. The summed E-state index contributed by atoms with van der Waals surface area (Å²) in [6.45, 7) is 5.75. The summed E-state index contributed by atoms with van der Waals surface area (Å²) in [5.41, 5.74) is 0.109. The fraction of sp³-hybridized carbons (Fsp3) is 0.381. The third kappa shape index (κ3) is 4.59. The topological polar surface area (TPSA) is 113 Å². The lowest BCUT2D eigenvalue weighted by molar-refractivity contribution is -0.142. The zero-order chi connectivity index (χ0) is 21.2. The first-order valence-corrected chi connectivity index (χ1v) is 9.37. The van der Waals surface area contributed by atoms with Gasteiger partial charge in [0.2, 0.25) is 0 Å². The van der Waals surface area contributed by atoms with Crippen LogP contribution in [0.5, 0.6) is 0 Å². The number of ether oxygens (including phenoxy) is 1. The van der Waals surface area contributed by atoms with Gasteiger partial charge < -0.3 is 19.2 Å². The van der Waals surface area contributed by atoms with Crippen LogP contribution in [0.15, 0.2) is 45.9 Å². The van der Waals surface area contributed by atoms with Crippen LogP contribution < -0.4 is 5.56 Å². The highest BCUT2D eigenvalue weighted by Crippen LogP contribution is 2.23. The van der Waals surface area contributed by atoms with Crippen LogP contribution in [0, 0.1) is 0 Å². The van der Waals surface area contributed by atoms with Gasteiger partial charge in [0.15, 0.2) is 0 Å². The molecule has 0 radical (unpaired) electrons. The average molecular weight is 400 g/mol. The Labute approximate surface area is 167 Å². The van der Waals surface area contributed by atoms with Gasteiger partial charge in [0.25, 0.3) is 5.56 Å². The zero-order valence-corrected chi connectivity index (χ0v) is 16.6. The minimum atomic E-state index is -0.960. The number of carbonyl (C=O) groups excluding carboxylic acids is 1. The number of hydrogen-bond acceptors (Lipinski definition) is 5. The molecule has 1 amide bonds. The first-order valence-electron chi connectivity index (χ1n) is 9.37. The monoisotopic (exact) mass is 400 g/mol. The van der Waals surface area contributed by atoms with E-state index < -0.39 is 23.7 Å². The van der Waals surface area contributed by atoms with Gasteiger partial charge in [-0.05, 0) is 51.8 Å². The first-order chi connectivity index (χ1) is 13.7. The Kier molecular flexibility index (Phi) is 5.63. The summed E-state index contributed by atoms with van der Waals surface area (Å²) in [5, 5.41) is 11.4. The molecule has 1 unspecified atom stereocenters. The maximum absolute atomic E-state index is 11.6. The number of carbonyl (C=O) groups is 2. The largest absolute Gasteiger partial charge is 0.480 e. The molecule has 3 heterocycles. The fourth-order valence-electron chi connectivity index (χ4n) is 3.26. The highest BCUT2D eigenvalue weighted by atomic mass is 16.6. The summed E-state index contributed by atoms with van der Waals surface area (Å²) in [7, 11) is 0. The third-order valence-corrected chi connectivity index (χ3v) is 4.53. The Hall–Kier alpha value is -3.29. The van der Waals surface area contributed by atoms with Crippen LogP contribution in [0.3, 0.4) is 0 Å². The molecule has 0 bridgehead atoms. The van der Waals surface area contributed by atoms with Gasteiger partial charge in [-0.2, -0.15) is 0 Å². The molecular formula is C21H24N2O6. The molecule has 0 aliphatic carbocycles. The predicted molar refractivity (Wildman–Crippen MR) is 108 cm³/mol. The fourth-order valence-corrected chi connectivity index (χ4v) is 3.26. The number of rotatable bonds is 1. The molecule has 0 saturated carbocycles. The van der Waals surface area contributed by atoms with Crippen molar-refractivity contribution in [2.75, 3.05) is 6.54 Å². The highest BCUT2D eigenvalue weighted by Gasteiger charge is 2.36. The molecule has 4 rings (SSSR count). The molecule has 0 spiro atoms. The van der Waals surface area contributed by atoms with E-state index in [0.717, 1.165) is 22.8 Å². The number of furan rings is 1. The molecule has 2 aromatic heterocycles. The van der Waals surface area contributed by atoms with Crippen molar-refractivity contribution in [3.63, 3.8) is 0 Å². The molecule has 1 aliphatic rings.